The van der Waals surface area contributed by atoms with Crippen molar-refractivity contribution in [2.24, 2.45) is 0 Å². The predicted octanol–water partition coefficient (Wildman–Crippen LogP) is -0.242. The fraction of sp³-hybridized carbons (Fsp3) is 0.833. The van der Waals surface area contributed by atoms with Crippen LogP contribution in [0.1, 0.15) is 0 Å². The fourth-order valence-electron chi connectivity index (χ4n) is 1.15. The standard InChI is InChI=1S/C6H11N2OS/c1-3-9-5(7-1)6-8-2-4-10-6/h6-8H,1-4H2. The zero-order valence-corrected chi connectivity index (χ0v) is 6.54. The molecule has 2 heterocycles. The van der Waals surface area contributed by atoms with E-state index in [9.17, 15) is 0 Å². The first-order valence-corrected chi connectivity index (χ1v) is 4.60. The molecular weight excluding hydrogens is 148 g/mol. The van der Waals surface area contributed by atoms with E-state index < -0.39 is 0 Å². The van der Waals surface area contributed by atoms with Gasteiger partial charge in [0.15, 0.2) is 6.23 Å². The van der Waals surface area contributed by atoms with Gasteiger partial charge in [0.2, 0.25) is 0 Å². The number of ether oxygens (including phenoxy) is 1. The van der Waals surface area contributed by atoms with E-state index in [2.05, 4.69) is 10.6 Å². The summed E-state index contributed by atoms with van der Waals surface area (Å²) in [4.78, 5) is 0. The van der Waals surface area contributed by atoms with Gasteiger partial charge in [-0.1, -0.05) is 0 Å². The van der Waals surface area contributed by atoms with Crippen molar-refractivity contribution >= 4 is 11.8 Å². The molecule has 0 aromatic heterocycles. The molecule has 1 unspecified atom stereocenters. The molecule has 1 atom stereocenters. The van der Waals surface area contributed by atoms with Crippen LogP contribution >= 0.6 is 11.8 Å². The summed E-state index contributed by atoms with van der Waals surface area (Å²) >= 11 is 1.90. The van der Waals surface area contributed by atoms with Gasteiger partial charge in [-0.15, -0.1) is 11.8 Å². The van der Waals surface area contributed by atoms with Crippen LogP contribution in [0.4, 0.5) is 0 Å². The minimum absolute atomic E-state index is 0.405. The van der Waals surface area contributed by atoms with Crippen molar-refractivity contribution in [2.75, 3.05) is 25.4 Å². The summed E-state index contributed by atoms with van der Waals surface area (Å²) in [6.45, 7) is 2.89. The van der Waals surface area contributed by atoms with Gasteiger partial charge in [-0.2, -0.15) is 0 Å². The van der Waals surface area contributed by atoms with E-state index in [1.165, 1.54) is 5.75 Å². The first-order chi connectivity index (χ1) is 4.97. The molecule has 0 spiro atoms. The molecule has 2 aliphatic heterocycles. The number of hydrogen-bond donors (Lipinski definition) is 2. The van der Waals surface area contributed by atoms with Gasteiger partial charge in [0.05, 0.1) is 6.61 Å². The monoisotopic (exact) mass is 159 g/mol. The Kier molecular flexibility index (Phi) is 2.13. The predicted molar refractivity (Wildman–Crippen MR) is 41.4 cm³/mol. The Morgan fingerprint density at radius 1 is 1.50 bits per heavy atom. The van der Waals surface area contributed by atoms with Crippen molar-refractivity contribution in [3.8, 4) is 0 Å². The summed E-state index contributed by atoms with van der Waals surface area (Å²) in [6, 6.07) is 0. The highest BCUT2D eigenvalue weighted by atomic mass is 32.2. The lowest BCUT2D eigenvalue weighted by Gasteiger charge is -2.14. The summed E-state index contributed by atoms with van der Waals surface area (Å²) < 4.78 is 5.36. The third-order valence-electron chi connectivity index (χ3n) is 1.61. The molecule has 2 saturated heterocycles. The third-order valence-corrected chi connectivity index (χ3v) is 2.77. The highest BCUT2D eigenvalue weighted by molar-refractivity contribution is 8.00. The topological polar surface area (TPSA) is 33.3 Å². The molecule has 4 heteroatoms. The summed E-state index contributed by atoms with van der Waals surface area (Å²) in [5.74, 6) is 1.19. The molecule has 2 N–H and O–H groups in total. The van der Waals surface area contributed by atoms with E-state index in [4.69, 9.17) is 4.74 Å². The maximum atomic E-state index is 5.36. The molecule has 0 amide bonds. The molecule has 0 saturated carbocycles. The SMILES string of the molecule is C1CO[C](C2NCCS2)N1. The second kappa shape index (κ2) is 3.09. The van der Waals surface area contributed by atoms with Gasteiger partial charge >= 0.3 is 0 Å². The fourth-order valence-corrected chi connectivity index (χ4v) is 2.16. The molecule has 0 aromatic carbocycles. The zero-order valence-electron chi connectivity index (χ0n) is 5.72. The van der Waals surface area contributed by atoms with Gasteiger partial charge in [-0.25, -0.2) is 0 Å². The molecule has 0 aromatic rings. The molecule has 2 fully saturated rings. The van der Waals surface area contributed by atoms with Crippen molar-refractivity contribution in [1.82, 2.24) is 10.6 Å². The van der Waals surface area contributed by atoms with Crippen LogP contribution in [0, 0.1) is 6.23 Å². The van der Waals surface area contributed by atoms with E-state index in [0.29, 0.717) is 5.37 Å². The van der Waals surface area contributed by atoms with Crippen LogP contribution in [0.5, 0.6) is 0 Å². The summed E-state index contributed by atoms with van der Waals surface area (Å²) in [5.41, 5.74) is 0. The van der Waals surface area contributed by atoms with E-state index in [-0.39, 0.29) is 0 Å². The number of thioether (sulfide) groups is 1. The molecule has 3 nitrogen and oxygen atoms in total. The minimum atomic E-state index is 0.405. The molecule has 2 aliphatic rings. The second-order valence-electron chi connectivity index (χ2n) is 2.34. The first-order valence-electron chi connectivity index (χ1n) is 3.55. The average molecular weight is 159 g/mol. The Balaban J connectivity index is 1.85. The van der Waals surface area contributed by atoms with E-state index >= 15 is 0 Å². The zero-order chi connectivity index (χ0) is 6.81. The van der Waals surface area contributed by atoms with Gasteiger partial charge in [0.25, 0.3) is 0 Å². The molecule has 1 radical (unpaired) electrons. The quantitative estimate of drug-likeness (QED) is 0.553. The number of hydrogen-bond acceptors (Lipinski definition) is 4. The number of nitrogens with one attached hydrogen (secondary N) is 2. The van der Waals surface area contributed by atoms with E-state index in [0.717, 1.165) is 25.9 Å². The largest absolute Gasteiger partial charge is 0.352 e. The number of rotatable bonds is 1. The second-order valence-corrected chi connectivity index (χ2v) is 3.56. The summed E-state index contributed by atoms with van der Waals surface area (Å²) in [5, 5.41) is 6.95. The minimum Gasteiger partial charge on any atom is -0.352 e. The first kappa shape index (κ1) is 6.91. The lowest BCUT2D eigenvalue weighted by molar-refractivity contribution is 0.184. The molecule has 2 rings (SSSR count). The Morgan fingerprint density at radius 3 is 3.10 bits per heavy atom. The molecule has 57 valence electrons. The normalized spacial score (nSPS) is 35.4. The van der Waals surface area contributed by atoms with Crippen LogP contribution in [-0.4, -0.2) is 30.8 Å². The van der Waals surface area contributed by atoms with Gasteiger partial charge in [0.1, 0.15) is 5.37 Å². The van der Waals surface area contributed by atoms with Crippen molar-refractivity contribution in [1.29, 1.82) is 0 Å². The highest BCUT2D eigenvalue weighted by Crippen LogP contribution is 2.23. The smallest absolute Gasteiger partial charge is 0.189 e. The van der Waals surface area contributed by atoms with E-state index in [1.807, 2.05) is 11.8 Å². The van der Waals surface area contributed by atoms with Crippen LogP contribution in [-0.2, 0) is 4.74 Å². The van der Waals surface area contributed by atoms with Crippen LogP contribution < -0.4 is 10.6 Å². The van der Waals surface area contributed by atoms with Gasteiger partial charge in [0, 0.05) is 18.8 Å². The molecule has 0 bridgehead atoms. The van der Waals surface area contributed by atoms with Crippen LogP contribution in [0.3, 0.4) is 0 Å². The van der Waals surface area contributed by atoms with Gasteiger partial charge in [-0.05, 0) is 0 Å². The Morgan fingerprint density at radius 2 is 2.50 bits per heavy atom. The molecule has 10 heavy (non-hydrogen) atoms. The van der Waals surface area contributed by atoms with Gasteiger partial charge in [-0.3, -0.25) is 5.32 Å². The van der Waals surface area contributed by atoms with Crippen molar-refractivity contribution in [3.05, 3.63) is 6.23 Å². The van der Waals surface area contributed by atoms with Crippen molar-refractivity contribution in [2.45, 2.75) is 5.37 Å². The Bertz CT molecular complexity index is 96.3. The maximum Gasteiger partial charge on any atom is 0.189 e. The summed E-state index contributed by atoms with van der Waals surface area (Å²) in [6.07, 6.45) is 1.03. The Labute approximate surface area is 64.9 Å². The lowest BCUT2D eigenvalue weighted by Crippen LogP contribution is -2.33. The third kappa shape index (κ3) is 1.29. The van der Waals surface area contributed by atoms with Gasteiger partial charge < -0.3 is 10.1 Å². The maximum absolute atomic E-state index is 5.36. The Hall–Kier alpha value is 0.230. The van der Waals surface area contributed by atoms with E-state index in [1.54, 1.807) is 0 Å². The highest BCUT2D eigenvalue weighted by Gasteiger charge is 2.29. The average Bonchev–Trinajstić information content (AvgIpc) is 2.59. The van der Waals surface area contributed by atoms with Crippen LogP contribution in [0.2, 0.25) is 0 Å². The molecular formula is C6H11N2OS. The van der Waals surface area contributed by atoms with Crippen LogP contribution in [0.15, 0.2) is 0 Å². The molecule has 0 aliphatic carbocycles. The summed E-state index contributed by atoms with van der Waals surface area (Å²) in [7, 11) is 0. The van der Waals surface area contributed by atoms with Crippen molar-refractivity contribution in [3.63, 3.8) is 0 Å². The lowest BCUT2D eigenvalue weighted by atomic mass is 10.5. The van der Waals surface area contributed by atoms with Crippen LogP contribution in [0.25, 0.3) is 0 Å². The van der Waals surface area contributed by atoms with Crippen molar-refractivity contribution < 1.29 is 4.74 Å².